The number of hydrogen-bond acceptors (Lipinski definition) is 3. The van der Waals surface area contributed by atoms with Crippen molar-refractivity contribution in [1.29, 1.82) is 0 Å². The third-order valence-electron chi connectivity index (χ3n) is 4.56. The van der Waals surface area contributed by atoms with E-state index in [1.807, 2.05) is 6.92 Å². The van der Waals surface area contributed by atoms with E-state index in [0.29, 0.717) is 24.1 Å². The molecule has 0 aliphatic heterocycles. The van der Waals surface area contributed by atoms with Crippen LogP contribution in [0.3, 0.4) is 0 Å². The van der Waals surface area contributed by atoms with Crippen molar-refractivity contribution in [1.82, 2.24) is 9.55 Å². The monoisotopic (exact) mass is 370 g/mol. The molecule has 1 N–H and O–H groups in total. The van der Waals surface area contributed by atoms with E-state index in [-0.39, 0.29) is 29.3 Å². The number of aromatic nitrogens is 2. The molecule has 2 aromatic carbocycles. The summed E-state index contributed by atoms with van der Waals surface area (Å²) in [5.41, 5.74) is 1.75. The molecule has 140 valence electrons. The number of aryl methyl sites for hydroxylation is 2. The predicted molar refractivity (Wildman–Crippen MR) is 99.8 cm³/mol. The first-order valence-corrected chi connectivity index (χ1v) is 8.75. The van der Waals surface area contributed by atoms with Crippen LogP contribution in [0.25, 0.3) is 11.4 Å². The Morgan fingerprint density at radius 3 is 2.59 bits per heavy atom. The Hall–Kier alpha value is -3.02. The second kappa shape index (κ2) is 7.70. The molecule has 27 heavy (non-hydrogen) atoms. The van der Waals surface area contributed by atoms with Gasteiger partial charge in [0.15, 0.2) is 11.6 Å². The molecule has 4 nitrogen and oxygen atoms in total. The number of halogens is 2. The highest BCUT2D eigenvalue weighted by Gasteiger charge is 2.18. The van der Waals surface area contributed by atoms with Crippen molar-refractivity contribution in [3.63, 3.8) is 0 Å². The summed E-state index contributed by atoms with van der Waals surface area (Å²) in [6.45, 7) is 3.81. The molecule has 1 heterocycles. The van der Waals surface area contributed by atoms with Gasteiger partial charge in [-0.2, -0.15) is 0 Å². The van der Waals surface area contributed by atoms with Crippen molar-refractivity contribution in [2.45, 2.75) is 33.2 Å². The maximum absolute atomic E-state index is 13.8. The average molecular weight is 370 g/mol. The lowest BCUT2D eigenvalue weighted by Gasteiger charge is -2.16. The number of para-hydroxylation sites is 1. The fourth-order valence-corrected chi connectivity index (χ4v) is 3.15. The fourth-order valence-electron chi connectivity index (χ4n) is 3.15. The van der Waals surface area contributed by atoms with Gasteiger partial charge in [-0.05, 0) is 49.6 Å². The van der Waals surface area contributed by atoms with E-state index in [4.69, 9.17) is 0 Å². The van der Waals surface area contributed by atoms with Gasteiger partial charge < -0.3 is 5.11 Å². The lowest BCUT2D eigenvalue weighted by molar-refractivity contribution is 0.433. The van der Waals surface area contributed by atoms with Crippen molar-refractivity contribution >= 4 is 0 Å². The van der Waals surface area contributed by atoms with Crippen LogP contribution in [0.4, 0.5) is 8.78 Å². The molecule has 3 rings (SSSR count). The van der Waals surface area contributed by atoms with Gasteiger partial charge in [-0.3, -0.25) is 9.36 Å². The molecular weight excluding hydrogens is 350 g/mol. The Kier molecular flexibility index (Phi) is 5.35. The average Bonchev–Trinajstić information content (AvgIpc) is 2.63. The van der Waals surface area contributed by atoms with E-state index >= 15 is 0 Å². The fraction of sp³-hybridized carbons (Fsp3) is 0.238. The highest BCUT2D eigenvalue weighted by atomic mass is 19.1. The second-order valence-corrected chi connectivity index (χ2v) is 6.33. The Morgan fingerprint density at radius 2 is 1.89 bits per heavy atom. The molecule has 0 saturated heterocycles. The SMILES string of the molecule is CCc1c(C)nc(-c2cccc(F)c2O)n(CCc2cccc(F)c2)c1=O. The van der Waals surface area contributed by atoms with Gasteiger partial charge in [0.05, 0.1) is 5.56 Å². The standard InChI is InChI=1S/C21H20F2N2O2/c1-3-16-13(2)24-20(17-8-5-9-18(23)19(17)26)25(21(16)27)11-10-14-6-4-7-15(22)12-14/h4-9,12,26H,3,10-11H2,1-2H3. The summed E-state index contributed by atoms with van der Waals surface area (Å²) in [5, 5.41) is 10.1. The lowest BCUT2D eigenvalue weighted by atomic mass is 10.1. The summed E-state index contributed by atoms with van der Waals surface area (Å²) in [5.74, 6) is -1.48. The summed E-state index contributed by atoms with van der Waals surface area (Å²) in [6.07, 6.45) is 0.904. The van der Waals surface area contributed by atoms with E-state index in [1.54, 1.807) is 19.1 Å². The van der Waals surface area contributed by atoms with Gasteiger partial charge in [0.2, 0.25) is 0 Å². The van der Waals surface area contributed by atoms with Crippen LogP contribution in [0.5, 0.6) is 5.75 Å². The minimum Gasteiger partial charge on any atom is -0.504 e. The molecule has 0 spiro atoms. The zero-order valence-corrected chi connectivity index (χ0v) is 15.2. The Morgan fingerprint density at radius 1 is 1.15 bits per heavy atom. The first kappa shape index (κ1) is 18.8. The van der Waals surface area contributed by atoms with Gasteiger partial charge in [-0.25, -0.2) is 13.8 Å². The zero-order chi connectivity index (χ0) is 19.6. The summed E-state index contributed by atoms with van der Waals surface area (Å²) in [4.78, 5) is 17.4. The van der Waals surface area contributed by atoms with Gasteiger partial charge in [0.1, 0.15) is 11.6 Å². The summed E-state index contributed by atoms with van der Waals surface area (Å²) >= 11 is 0. The van der Waals surface area contributed by atoms with Gasteiger partial charge in [-0.15, -0.1) is 0 Å². The molecule has 0 aliphatic carbocycles. The lowest BCUT2D eigenvalue weighted by Crippen LogP contribution is -2.28. The number of hydrogen-bond donors (Lipinski definition) is 1. The maximum Gasteiger partial charge on any atom is 0.257 e. The highest BCUT2D eigenvalue weighted by molar-refractivity contribution is 5.64. The molecule has 6 heteroatoms. The first-order valence-electron chi connectivity index (χ1n) is 8.75. The van der Waals surface area contributed by atoms with Gasteiger partial charge in [-0.1, -0.05) is 25.1 Å². The Labute approximate surface area is 155 Å². The molecule has 0 aliphatic rings. The van der Waals surface area contributed by atoms with E-state index in [2.05, 4.69) is 4.98 Å². The van der Waals surface area contributed by atoms with E-state index in [0.717, 1.165) is 11.6 Å². The van der Waals surface area contributed by atoms with Crippen LogP contribution in [0.1, 0.15) is 23.7 Å². The van der Waals surface area contributed by atoms with Crippen LogP contribution in [0, 0.1) is 18.6 Å². The van der Waals surface area contributed by atoms with E-state index in [1.165, 1.54) is 28.8 Å². The molecule has 3 aromatic rings. The molecule has 0 fully saturated rings. The summed E-state index contributed by atoms with van der Waals surface area (Å²) in [6, 6.07) is 10.3. The minimum absolute atomic E-state index is 0.150. The maximum atomic E-state index is 13.8. The van der Waals surface area contributed by atoms with E-state index in [9.17, 15) is 18.7 Å². The second-order valence-electron chi connectivity index (χ2n) is 6.33. The van der Waals surface area contributed by atoms with Gasteiger partial charge in [0.25, 0.3) is 5.56 Å². The number of benzene rings is 2. The molecule has 0 saturated carbocycles. The normalized spacial score (nSPS) is 11.0. The number of phenols is 1. The largest absolute Gasteiger partial charge is 0.504 e. The third kappa shape index (κ3) is 3.74. The van der Waals surface area contributed by atoms with Crippen LogP contribution in [0.2, 0.25) is 0 Å². The van der Waals surface area contributed by atoms with Crippen LogP contribution in [0.15, 0.2) is 47.3 Å². The number of nitrogens with zero attached hydrogens (tertiary/aromatic N) is 2. The molecule has 0 bridgehead atoms. The minimum atomic E-state index is -0.782. The quantitative estimate of drug-likeness (QED) is 0.738. The molecule has 0 atom stereocenters. The van der Waals surface area contributed by atoms with Crippen LogP contribution in [-0.2, 0) is 19.4 Å². The highest BCUT2D eigenvalue weighted by Crippen LogP contribution is 2.30. The molecule has 0 amide bonds. The van der Waals surface area contributed by atoms with Crippen molar-refractivity contribution in [3.05, 3.63) is 81.3 Å². The van der Waals surface area contributed by atoms with Crippen LogP contribution in [-0.4, -0.2) is 14.7 Å². The molecule has 0 unspecified atom stereocenters. The van der Waals surface area contributed by atoms with E-state index < -0.39 is 11.6 Å². The Balaban J connectivity index is 2.12. The molecular formula is C21H20F2N2O2. The van der Waals surface area contributed by atoms with Crippen LogP contribution < -0.4 is 5.56 Å². The van der Waals surface area contributed by atoms with Crippen molar-refractivity contribution < 1.29 is 13.9 Å². The van der Waals surface area contributed by atoms with Crippen molar-refractivity contribution in [2.24, 2.45) is 0 Å². The predicted octanol–water partition coefficient (Wildman–Crippen LogP) is 4.01. The van der Waals surface area contributed by atoms with Crippen molar-refractivity contribution in [3.8, 4) is 17.1 Å². The first-order chi connectivity index (χ1) is 12.9. The summed E-state index contributed by atoms with van der Waals surface area (Å²) in [7, 11) is 0. The molecule has 1 aromatic heterocycles. The number of aromatic hydroxyl groups is 1. The molecule has 0 radical (unpaired) electrons. The smallest absolute Gasteiger partial charge is 0.257 e. The number of rotatable bonds is 5. The Bertz CT molecular complexity index is 1040. The summed E-state index contributed by atoms with van der Waals surface area (Å²) < 4.78 is 28.7. The van der Waals surface area contributed by atoms with Crippen molar-refractivity contribution in [2.75, 3.05) is 0 Å². The van der Waals surface area contributed by atoms with Gasteiger partial charge >= 0.3 is 0 Å². The van der Waals surface area contributed by atoms with Crippen LogP contribution >= 0.6 is 0 Å². The third-order valence-corrected chi connectivity index (χ3v) is 4.56. The van der Waals surface area contributed by atoms with Gasteiger partial charge in [0, 0.05) is 17.8 Å². The number of phenolic OH excluding ortho intramolecular Hbond substituents is 1. The topological polar surface area (TPSA) is 55.1 Å². The zero-order valence-electron chi connectivity index (χ0n) is 15.2.